The molecule has 0 bridgehead atoms. The summed E-state index contributed by atoms with van der Waals surface area (Å²) in [4.78, 5) is 3.70. The minimum absolute atomic E-state index is 0.493. The first kappa shape index (κ1) is 12.7. The van der Waals surface area contributed by atoms with Gasteiger partial charge in [0.25, 0.3) is 0 Å². The lowest BCUT2D eigenvalue weighted by Gasteiger charge is -2.15. The Kier molecular flexibility index (Phi) is 5.29. The topological polar surface area (TPSA) is 15.3 Å². The third-order valence-electron chi connectivity index (χ3n) is 2.53. The van der Waals surface area contributed by atoms with E-state index in [-0.39, 0.29) is 0 Å². The Bertz CT molecular complexity index is 281. The third kappa shape index (κ3) is 4.33. The average Bonchev–Trinajstić information content (AvgIpc) is 2.58. The first-order valence-corrected chi connectivity index (χ1v) is 6.41. The van der Waals surface area contributed by atoms with Crippen molar-refractivity contribution >= 4 is 11.3 Å². The molecule has 0 aromatic carbocycles. The van der Waals surface area contributed by atoms with Gasteiger partial charge in [0.05, 0.1) is 0 Å². The largest absolute Gasteiger partial charge is 0.309 e. The minimum atomic E-state index is 0.493. The molecule has 1 rings (SSSR count). The van der Waals surface area contributed by atoms with Crippen LogP contribution >= 0.6 is 11.3 Å². The Morgan fingerprint density at radius 1 is 1.47 bits per heavy atom. The van der Waals surface area contributed by atoms with Gasteiger partial charge in [-0.2, -0.15) is 0 Å². The zero-order chi connectivity index (χ0) is 11.3. The van der Waals surface area contributed by atoms with Gasteiger partial charge < -0.3 is 10.2 Å². The second-order valence-electron chi connectivity index (χ2n) is 4.30. The highest BCUT2D eigenvalue weighted by molar-refractivity contribution is 7.10. The maximum Gasteiger partial charge on any atom is 0.0388 e. The van der Waals surface area contributed by atoms with E-state index in [0.717, 1.165) is 13.1 Å². The van der Waals surface area contributed by atoms with E-state index in [1.807, 2.05) is 11.3 Å². The Morgan fingerprint density at radius 2 is 2.20 bits per heavy atom. The van der Waals surface area contributed by atoms with E-state index < -0.39 is 0 Å². The molecule has 0 amide bonds. The fourth-order valence-electron chi connectivity index (χ4n) is 1.63. The van der Waals surface area contributed by atoms with Crippen molar-refractivity contribution in [1.82, 2.24) is 10.2 Å². The standard InChI is InChI=1S/C12H22N2S/c1-10-6-9-15-12(10)11(2)13-7-5-8-14(3)4/h6,9,11,13H,5,7-8H2,1-4H3. The zero-order valence-corrected chi connectivity index (χ0v) is 11.0. The van der Waals surface area contributed by atoms with E-state index in [9.17, 15) is 0 Å². The number of hydrogen-bond acceptors (Lipinski definition) is 3. The van der Waals surface area contributed by atoms with Crippen LogP contribution in [0.15, 0.2) is 11.4 Å². The van der Waals surface area contributed by atoms with Crippen LogP contribution in [0, 0.1) is 6.92 Å². The zero-order valence-electron chi connectivity index (χ0n) is 10.2. The SMILES string of the molecule is Cc1ccsc1C(C)NCCCN(C)C. The summed E-state index contributed by atoms with van der Waals surface area (Å²) in [6.45, 7) is 6.68. The third-order valence-corrected chi connectivity index (χ3v) is 3.73. The maximum absolute atomic E-state index is 3.56. The summed E-state index contributed by atoms with van der Waals surface area (Å²) in [7, 11) is 4.24. The molecule has 0 spiro atoms. The lowest BCUT2D eigenvalue weighted by molar-refractivity contribution is 0.389. The van der Waals surface area contributed by atoms with Crippen molar-refractivity contribution in [3.8, 4) is 0 Å². The molecular weight excluding hydrogens is 204 g/mol. The summed E-state index contributed by atoms with van der Waals surface area (Å²) in [6.07, 6.45) is 1.21. The number of rotatable bonds is 6. The molecule has 15 heavy (non-hydrogen) atoms. The Balaban J connectivity index is 2.25. The molecule has 0 aliphatic rings. The average molecular weight is 226 g/mol. The first-order chi connectivity index (χ1) is 7.11. The van der Waals surface area contributed by atoms with Gasteiger partial charge in [-0.3, -0.25) is 0 Å². The number of nitrogens with zero attached hydrogens (tertiary/aromatic N) is 1. The molecule has 0 saturated carbocycles. The summed E-state index contributed by atoms with van der Waals surface area (Å²) in [5, 5.41) is 5.73. The van der Waals surface area contributed by atoms with Crippen LogP contribution in [0.25, 0.3) is 0 Å². The van der Waals surface area contributed by atoms with E-state index in [1.165, 1.54) is 16.9 Å². The van der Waals surface area contributed by atoms with Crippen LogP contribution in [0.1, 0.15) is 29.8 Å². The molecule has 1 N–H and O–H groups in total. The van der Waals surface area contributed by atoms with Gasteiger partial charge in [0.2, 0.25) is 0 Å². The summed E-state index contributed by atoms with van der Waals surface area (Å²) in [5.74, 6) is 0. The van der Waals surface area contributed by atoms with Gasteiger partial charge in [-0.15, -0.1) is 11.3 Å². The molecule has 1 atom stereocenters. The van der Waals surface area contributed by atoms with Gasteiger partial charge in [0.1, 0.15) is 0 Å². The van der Waals surface area contributed by atoms with Crippen molar-refractivity contribution < 1.29 is 0 Å². The number of thiophene rings is 1. The van der Waals surface area contributed by atoms with Crippen molar-refractivity contribution in [1.29, 1.82) is 0 Å². The molecule has 2 nitrogen and oxygen atoms in total. The minimum Gasteiger partial charge on any atom is -0.309 e. The van der Waals surface area contributed by atoms with Crippen LogP contribution in [-0.2, 0) is 0 Å². The highest BCUT2D eigenvalue weighted by atomic mass is 32.1. The van der Waals surface area contributed by atoms with Gasteiger partial charge in [-0.25, -0.2) is 0 Å². The molecular formula is C12H22N2S. The van der Waals surface area contributed by atoms with Gasteiger partial charge in [0, 0.05) is 10.9 Å². The molecule has 1 aromatic heterocycles. The van der Waals surface area contributed by atoms with E-state index in [4.69, 9.17) is 0 Å². The first-order valence-electron chi connectivity index (χ1n) is 5.53. The molecule has 0 fully saturated rings. The molecule has 0 radical (unpaired) electrons. The molecule has 1 aromatic rings. The molecule has 1 heterocycles. The van der Waals surface area contributed by atoms with Gasteiger partial charge in [-0.05, 0) is 64.5 Å². The quantitative estimate of drug-likeness (QED) is 0.750. The number of nitrogens with one attached hydrogen (secondary N) is 1. The Labute approximate surface area is 97.3 Å². The fraction of sp³-hybridized carbons (Fsp3) is 0.667. The summed E-state index contributed by atoms with van der Waals surface area (Å²) >= 11 is 1.85. The van der Waals surface area contributed by atoms with Crippen LogP contribution < -0.4 is 5.32 Å². The Hall–Kier alpha value is -0.380. The lowest BCUT2D eigenvalue weighted by Crippen LogP contribution is -2.23. The summed E-state index contributed by atoms with van der Waals surface area (Å²) in [5.41, 5.74) is 1.41. The van der Waals surface area contributed by atoms with Crippen molar-refractivity contribution in [3.63, 3.8) is 0 Å². The van der Waals surface area contributed by atoms with E-state index in [1.54, 1.807) is 0 Å². The van der Waals surface area contributed by atoms with Crippen molar-refractivity contribution in [2.45, 2.75) is 26.3 Å². The second-order valence-corrected chi connectivity index (χ2v) is 5.25. The van der Waals surface area contributed by atoms with Crippen LogP contribution in [0.5, 0.6) is 0 Å². The molecule has 0 aliphatic carbocycles. The second kappa shape index (κ2) is 6.26. The molecule has 3 heteroatoms. The lowest BCUT2D eigenvalue weighted by atomic mass is 10.2. The summed E-state index contributed by atoms with van der Waals surface area (Å²) < 4.78 is 0. The van der Waals surface area contributed by atoms with Crippen LogP contribution in [0.3, 0.4) is 0 Å². The van der Waals surface area contributed by atoms with Crippen molar-refractivity contribution in [2.24, 2.45) is 0 Å². The van der Waals surface area contributed by atoms with E-state index >= 15 is 0 Å². The molecule has 1 unspecified atom stereocenters. The Morgan fingerprint density at radius 3 is 2.73 bits per heavy atom. The summed E-state index contributed by atoms with van der Waals surface area (Å²) in [6, 6.07) is 2.69. The van der Waals surface area contributed by atoms with Gasteiger partial charge in [-0.1, -0.05) is 0 Å². The van der Waals surface area contributed by atoms with Gasteiger partial charge >= 0.3 is 0 Å². The highest BCUT2D eigenvalue weighted by Gasteiger charge is 2.08. The molecule has 0 saturated heterocycles. The molecule has 86 valence electrons. The van der Waals surface area contributed by atoms with Crippen molar-refractivity contribution in [3.05, 3.63) is 21.9 Å². The monoisotopic (exact) mass is 226 g/mol. The van der Waals surface area contributed by atoms with Crippen molar-refractivity contribution in [2.75, 3.05) is 27.2 Å². The fourth-order valence-corrected chi connectivity index (χ4v) is 2.59. The normalized spacial score (nSPS) is 13.4. The maximum atomic E-state index is 3.56. The molecule has 0 aliphatic heterocycles. The van der Waals surface area contributed by atoms with E-state index in [0.29, 0.717) is 6.04 Å². The number of aryl methyl sites for hydroxylation is 1. The van der Waals surface area contributed by atoms with Crippen LogP contribution in [0.2, 0.25) is 0 Å². The smallest absolute Gasteiger partial charge is 0.0388 e. The van der Waals surface area contributed by atoms with Gasteiger partial charge in [0.15, 0.2) is 0 Å². The van der Waals surface area contributed by atoms with Crippen LogP contribution in [0.4, 0.5) is 0 Å². The van der Waals surface area contributed by atoms with E-state index in [2.05, 4.69) is 49.6 Å². The van der Waals surface area contributed by atoms with Crippen LogP contribution in [-0.4, -0.2) is 32.1 Å². The predicted molar refractivity (Wildman–Crippen MR) is 68.6 cm³/mol. The predicted octanol–water partition coefficient (Wildman–Crippen LogP) is 2.66. The number of hydrogen-bond donors (Lipinski definition) is 1. The highest BCUT2D eigenvalue weighted by Crippen LogP contribution is 2.23.